The van der Waals surface area contributed by atoms with Gasteiger partial charge in [0.15, 0.2) is 0 Å². The Morgan fingerprint density at radius 1 is 1.24 bits per heavy atom. The van der Waals surface area contributed by atoms with Gasteiger partial charge in [-0.3, -0.25) is 14.8 Å². The van der Waals surface area contributed by atoms with E-state index in [1.807, 2.05) is 0 Å². The zero-order chi connectivity index (χ0) is 12.7. The number of amides is 2. The molecule has 1 aliphatic rings. The molecule has 0 aromatic rings. The van der Waals surface area contributed by atoms with Gasteiger partial charge in [-0.2, -0.15) is 0 Å². The number of carbonyl (C=O) groups is 2. The van der Waals surface area contributed by atoms with Crippen LogP contribution in [0.3, 0.4) is 0 Å². The third kappa shape index (κ3) is 4.32. The second kappa shape index (κ2) is 6.56. The van der Waals surface area contributed by atoms with Crippen molar-refractivity contribution in [1.82, 2.24) is 10.8 Å². The van der Waals surface area contributed by atoms with Gasteiger partial charge in [-0.1, -0.05) is 19.3 Å². The molecule has 1 aliphatic carbocycles. The van der Waals surface area contributed by atoms with Crippen LogP contribution < -0.4 is 16.5 Å². The lowest BCUT2D eigenvalue weighted by molar-refractivity contribution is -0.130. The SMILES string of the molecule is NC1(C(=O)NCCCC(=O)NO)CCCCC1. The maximum absolute atomic E-state index is 11.8. The van der Waals surface area contributed by atoms with E-state index < -0.39 is 11.4 Å². The van der Waals surface area contributed by atoms with Gasteiger partial charge in [0.25, 0.3) is 0 Å². The van der Waals surface area contributed by atoms with Crippen molar-refractivity contribution in [2.24, 2.45) is 5.73 Å². The summed E-state index contributed by atoms with van der Waals surface area (Å²) in [5, 5.41) is 11.0. The summed E-state index contributed by atoms with van der Waals surface area (Å²) < 4.78 is 0. The summed E-state index contributed by atoms with van der Waals surface area (Å²) in [7, 11) is 0. The Morgan fingerprint density at radius 2 is 1.88 bits per heavy atom. The summed E-state index contributed by atoms with van der Waals surface area (Å²) in [4.78, 5) is 22.6. The summed E-state index contributed by atoms with van der Waals surface area (Å²) >= 11 is 0. The molecule has 5 N–H and O–H groups in total. The van der Waals surface area contributed by atoms with Gasteiger partial charge in [-0.15, -0.1) is 0 Å². The van der Waals surface area contributed by atoms with Crippen LogP contribution in [0, 0.1) is 0 Å². The maximum atomic E-state index is 11.8. The van der Waals surface area contributed by atoms with Crippen LogP contribution in [0.4, 0.5) is 0 Å². The number of carbonyl (C=O) groups excluding carboxylic acids is 2. The highest BCUT2D eigenvalue weighted by molar-refractivity contribution is 5.86. The van der Waals surface area contributed by atoms with E-state index in [1.54, 1.807) is 5.48 Å². The summed E-state index contributed by atoms with van der Waals surface area (Å²) in [6.45, 7) is 0.408. The van der Waals surface area contributed by atoms with Crippen molar-refractivity contribution in [2.75, 3.05) is 6.54 Å². The Bertz CT molecular complexity index is 275. The highest BCUT2D eigenvalue weighted by Crippen LogP contribution is 2.25. The van der Waals surface area contributed by atoms with Crippen molar-refractivity contribution in [3.05, 3.63) is 0 Å². The lowest BCUT2D eigenvalue weighted by Gasteiger charge is -2.31. The predicted octanol–water partition coefficient (Wildman–Crippen LogP) is 0.0498. The van der Waals surface area contributed by atoms with Crippen LogP contribution in [0.1, 0.15) is 44.9 Å². The quantitative estimate of drug-likeness (QED) is 0.311. The van der Waals surface area contributed by atoms with Gasteiger partial charge in [-0.25, -0.2) is 5.48 Å². The van der Waals surface area contributed by atoms with E-state index in [-0.39, 0.29) is 12.3 Å². The highest BCUT2D eigenvalue weighted by Gasteiger charge is 2.34. The van der Waals surface area contributed by atoms with Gasteiger partial charge in [-0.05, 0) is 19.3 Å². The van der Waals surface area contributed by atoms with Crippen LogP contribution in [0.15, 0.2) is 0 Å². The van der Waals surface area contributed by atoms with Crippen LogP contribution in [-0.2, 0) is 9.59 Å². The molecular weight excluding hydrogens is 222 g/mol. The molecule has 17 heavy (non-hydrogen) atoms. The second-order valence-electron chi connectivity index (χ2n) is 4.61. The zero-order valence-electron chi connectivity index (χ0n) is 10.00. The molecule has 0 bridgehead atoms. The summed E-state index contributed by atoms with van der Waals surface area (Å²) in [6.07, 6.45) is 5.28. The first-order valence-electron chi connectivity index (χ1n) is 6.08. The van der Waals surface area contributed by atoms with E-state index in [2.05, 4.69) is 5.32 Å². The Morgan fingerprint density at radius 3 is 2.47 bits per heavy atom. The largest absolute Gasteiger partial charge is 0.354 e. The molecule has 0 aliphatic heterocycles. The number of nitrogens with one attached hydrogen (secondary N) is 2. The van der Waals surface area contributed by atoms with Crippen molar-refractivity contribution < 1.29 is 14.8 Å². The second-order valence-corrected chi connectivity index (χ2v) is 4.61. The van der Waals surface area contributed by atoms with Gasteiger partial charge >= 0.3 is 0 Å². The molecule has 6 heteroatoms. The Balaban J connectivity index is 2.22. The van der Waals surface area contributed by atoms with Crippen molar-refractivity contribution in [3.8, 4) is 0 Å². The van der Waals surface area contributed by atoms with Crippen LogP contribution in [-0.4, -0.2) is 29.1 Å². The van der Waals surface area contributed by atoms with E-state index in [9.17, 15) is 9.59 Å². The zero-order valence-corrected chi connectivity index (χ0v) is 10.00. The topological polar surface area (TPSA) is 104 Å². The van der Waals surface area contributed by atoms with Crippen LogP contribution in [0.2, 0.25) is 0 Å². The third-order valence-electron chi connectivity index (χ3n) is 3.19. The Labute approximate surface area is 101 Å². The smallest absolute Gasteiger partial charge is 0.243 e. The first-order chi connectivity index (χ1) is 8.08. The predicted molar refractivity (Wildman–Crippen MR) is 62.2 cm³/mol. The lowest BCUT2D eigenvalue weighted by Crippen LogP contribution is -2.55. The monoisotopic (exact) mass is 243 g/mol. The van der Waals surface area contributed by atoms with E-state index in [0.29, 0.717) is 13.0 Å². The van der Waals surface area contributed by atoms with Gasteiger partial charge in [0, 0.05) is 13.0 Å². The molecule has 0 radical (unpaired) electrons. The third-order valence-corrected chi connectivity index (χ3v) is 3.19. The minimum atomic E-state index is -0.725. The summed E-state index contributed by atoms with van der Waals surface area (Å²) in [5.41, 5.74) is 6.86. The molecule has 1 fully saturated rings. The van der Waals surface area contributed by atoms with Crippen molar-refractivity contribution in [3.63, 3.8) is 0 Å². The molecule has 1 rings (SSSR count). The maximum Gasteiger partial charge on any atom is 0.243 e. The molecule has 0 heterocycles. The number of hydrogen-bond acceptors (Lipinski definition) is 4. The molecule has 0 aromatic heterocycles. The van der Waals surface area contributed by atoms with Crippen LogP contribution in [0.5, 0.6) is 0 Å². The highest BCUT2D eigenvalue weighted by atomic mass is 16.5. The lowest BCUT2D eigenvalue weighted by atomic mass is 9.82. The Hall–Kier alpha value is -1.14. The Kier molecular flexibility index (Phi) is 5.37. The molecular formula is C11H21N3O3. The number of hydrogen-bond donors (Lipinski definition) is 4. The molecule has 0 saturated heterocycles. The fourth-order valence-electron chi connectivity index (χ4n) is 2.09. The minimum Gasteiger partial charge on any atom is -0.354 e. The van der Waals surface area contributed by atoms with Crippen LogP contribution >= 0.6 is 0 Å². The normalized spacial score (nSPS) is 18.5. The molecule has 2 amide bonds. The summed E-state index contributed by atoms with van der Waals surface area (Å²) in [6, 6.07) is 0. The first kappa shape index (κ1) is 13.9. The fourth-order valence-corrected chi connectivity index (χ4v) is 2.09. The molecule has 1 saturated carbocycles. The average molecular weight is 243 g/mol. The number of hydroxylamine groups is 1. The molecule has 0 atom stereocenters. The van der Waals surface area contributed by atoms with Gasteiger partial charge in [0.1, 0.15) is 0 Å². The van der Waals surface area contributed by atoms with E-state index in [0.717, 1.165) is 32.1 Å². The van der Waals surface area contributed by atoms with E-state index in [1.165, 1.54) is 0 Å². The van der Waals surface area contributed by atoms with Gasteiger partial charge < -0.3 is 11.1 Å². The average Bonchev–Trinajstić information content (AvgIpc) is 2.34. The van der Waals surface area contributed by atoms with E-state index >= 15 is 0 Å². The molecule has 6 nitrogen and oxygen atoms in total. The first-order valence-corrected chi connectivity index (χ1v) is 6.08. The van der Waals surface area contributed by atoms with E-state index in [4.69, 9.17) is 10.9 Å². The molecule has 98 valence electrons. The van der Waals surface area contributed by atoms with Crippen LogP contribution in [0.25, 0.3) is 0 Å². The van der Waals surface area contributed by atoms with Gasteiger partial charge in [0.2, 0.25) is 11.8 Å². The standard InChI is InChI=1S/C11H21N3O3/c12-11(6-2-1-3-7-11)10(16)13-8-4-5-9(15)14-17/h17H,1-8,12H2,(H,13,16)(H,14,15). The van der Waals surface area contributed by atoms with Crippen molar-refractivity contribution in [2.45, 2.75) is 50.5 Å². The number of rotatable bonds is 5. The van der Waals surface area contributed by atoms with Crippen molar-refractivity contribution >= 4 is 11.8 Å². The molecule has 0 unspecified atom stereocenters. The van der Waals surface area contributed by atoms with Gasteiger partial charge in [0.05, 0.1) is 5.54 Å². The summed E-state index contributed by atoms with van der Waals surface area (Å²) in [5.74, 6) is -0.569. The minimum absolute atomic E-state index is 0.124. The fraction of sp³-hybridized carbons (Fsp3) is 0.818. The van der Waals surface area contributed by atoms with Crippen molar-refractivity contribution in [1.29, 1.82) is 0 Å². The number of nitrogens with two attached hydrogens (primary N) is 1. The molecule has 0 spiro atoms. The molecule has 0 aromatic carbocycles.